The molecule has 0 aromatic carbocycles. The van der Waals surface area contributed by atoms with Gasteiger partial charge in [0.1, 0.15) is 11.5 Å². The molecule has 1 amide bonds. The molecule has 26 heavy (non-hydrogen) atoms. The third-order valence-corrected chi connectivity index (χ3v) is 7.51. The molecule has 2 heterocycles. The summed E-state index contributed by atoms with van der Waals surface area (Å²) in [7, 11) is -1.55. The van der Waals surface area contributed by atoms with Crippen LogP contribution in [0, 0.1) is 5.92 Å². The fourth-order valence-electron chi connectivity index (χ4n) is 3.52. The smallest absolute Gasteiger partial charge is 0.246 e. The van der Waals surface area contributed by atoms with E-state index in [2.05, 4.69) is 6.92 Å². The molecular weight excluding hydrogens is 352 g/mol. The molecule has 6 nitrogen and oxygen atoms in total. The van der Waals surface area contributed by atoms with Gasteiger partial charge in [0.2, 0.25) is 15.9 Å². The van der Waals surface area contributed by atoms with E-state index in [-0.39, 0.29) is 17.7 Å². The second kappa shape index (κ2) is 7.56. The van der Waals surface area contributed by atoms with Crippen LogP contribution in [-0.2, 0) is 14.8 Å². The molecule has 0 N–H and O–H groups in total. The van der Waals surface area contributed by atoms with Gasteiger partial charge >= 0.3 is 0 Å². The van der Waals surface area contributed by atoms with Crippen molar-refractivity contribution in [2.75, 3.05) is 25.9 Å². The Morgan fingerprint density at radius 1 is 1.35 bits per heavy atom. The summed E-state index contributed by atoms with van der Waals surface area (Å²) in [6.45, 7) is 5.00. The van der Waals surface area contributed by atoms with E-state index in [1.165, 1.54) is 10.7 Å². The molecule has 2 atom stereocenters. The Bertz CT molecular complexity index is 775. The van der Waals surface area contributed by atoms with Gasteiger partial charge in [-0.15, -0.1) is 0 Å². The monoisotopic (exact) mass is 380 g/mol. The van der Waals surface area contributed by atoms with Gasteiger partial charge in [0.15, 0.2) is 0 Å². The van der Waals surface area contributed by atoms with E-state index >= 15 is 0 Å². The van der Waals surface area contributed by atoms with Gasteiger partial charge in [0.25, 0.3) is 0 Å². The summed E-state index contributed by atoms with van der Waals surface area (Å²) < 4.78 is 31.2. The molecule has 2 unspecified atom stereocenters. The van der Waals surface area contributed by atoms with E-state index in [4.69, 9.17) is 4.42 Å². The van der Waals surface area contributed by atoms with Gasteiger partial charge in [-0.1, -0.05) is 6.92 Å². The zero-order chi connectivity index (χ0) is 18.9. The summed E-state index contributed by atoms with van der Waals surface area (Å²) >= 11 is 0. The number of likely N-dealkylation sites (tertiary alicyclic amines) is 1. The van der Waals surface area contributed by atoms with Gasteiger partial charge in [-0.05, 0) is 50.3 Å². The van der Waals surface area contributed by atoms with Gasteiger partial charge in [0.05, 0.1) is 5.75 Å². The summed E-state index contributed by atoms with van der Waals surface area (Å²) in [5, 5.41) is 0. The van der Waals surface area contributed by atoms with E-state index in [9.17, 15) is 13.2 Å². The molecule has 0 spiro atoms. The molecule has 1 saturated carbocycles. The number of sulfonamides is 1. The lowest BCUT2D eigenvalue weighted by atomic mass is 10.1. The maximum absolute atomic E-state index is 12.4. The maximum Gasteiger partial charge on any atom is 0.246 e. The average molecular weight is 381 g/mol. The van der Waals surface area contributed by atoms with Gasteiger partial charge in [0, 0.05) is 38.2 Å². The maximum atomic E-state index is 12.4. The minimum atomic E-state index is -3.18. The molecule has 1 aliphatic heterocycles. The van der Waals surface area contributed by atoms with Crippen LogP contribution in [0.2, 0.25) is 0 Å². The minimum Gasteiger partial charge on any atom is -0.461 e. The van der Waals surface area contributed by atoms with Crippen molar-refractivity contribution in [3.05, 3.63) is 29.7 Å². The molecular formula is C19H28N2O4S. The van der Waals surface area contributed by atoms with Crippen molar-refractivity contribution < 1.29 is 17.6 Å². The second-order valence-electron chi connectivity index (χ2n) is 7.37. The zero-order valence-corrected chi connectivity index (χ0v) is 16.5. The topological polar surface area (TPSA) is 70.8 Å². The Labute approximate surface area is 155 Å². The zero-order valence-electron chi connectivity index (χ0n) is 15.7. The number of rotatable bonds is 6. The van der Waals surface area contributed by atoms with E-state index < -0.39 is 10.0 Å². The van der Waals surface area contributed by atoms with Crippen molar-refractivity contribution in [1.82, 2.24) is 9.21 Å². The molecule has 7 heteroatoms. The van der Waals surface area contributed by atoms with E-state index in [0.29, 0.717) is 43.5 Å². The minimum absolute atomic E-state index is 0.0267. The highest BCUT2D eigenvalue weighted by atomic mass is 32.2. The molecule has 2 aliphatic rings. The molecule has 0 bridgehead atoms. The molecule has 1 aromatic heterocycles. The number of carbonyl (C=O) groups is 1. The normalized spacial score (nSPS) is 24.5. The largest absolute Gasteiger partial charge is 0.461 e. The van der Waals surface area contributed by atoms with Crippen molar-refractivity contribution in [2.45, 2.75) is 45.1 Å². The second-order valence-corrected chi connectivity index (χ2v) is 9.68. The first kappa shape index (κ1) is 19.2. The van der Waals surface area contributed by atoms with E-state index in [1.807, 2.05) is 12.1 Å². The van der Waals surface area contributed by atoms with Crippen LogP contribution in [0.1, 0.15) is 50.5 Å². The van der Waals surface area contributed by atoms with Crippen LogP contribution in [0.15, 0.2) is 22.6 Å². The molecule has 144 valence electrons. The van der Waals surface area contributed by atoms with Crippen molar-refractivity contribution in [2.24, 2.45) is 5.92 Å². The molecule has 1 aliphatic carbocycles. The van der Waals surface area contributed by atoms with Crippen LogP contribution >= 0.6 is 0 Å². The standard InChI is InChI=1S/C19H28N2O4S/c1-4-26(23,24)20(3)15-9-11-21(12-10-15)19(22)8-6-16-5-7-18(25-16)17-13-14(17)2/h5-8,14-15,17H,4,9-13H2,1-3H3. The number of piperidine rings is 1. The molecule has 0 radical (unpaired) electrons. The lowest BCUT2D eigenvalue weighted by molar-refractivity contribution is -0.127. The van der Waals surface area contributed by atoms with E-state index in [0.717, 1.165) is 5.76 Å². The highest BCUT2D eigenvalue weighted by molar-refractivity contribution is 7.89. The fraction of sp³-hybridized carbons (Fsp3) is 0.632. The molecule has 1 saturated heterocycles. The first-order chi connectivity index (χ1) is 12.3. The predicted octanol–water partition coefficient (Wildman–Crippen LogP) is 2.69. The quantitative estimate of drug-likeness (QED) is 0.712. The lowest BCUT2D eigenvalue weighted by Gasteiger charge is -2.35. The molecule has 2 fully saturated rings. The van der Waals surface area contributed by atoms with Crippen LogP contribution in [-0.4, -0.2) is 55.5 Å². The number of hydrogen-bond acceptors (Lipinski definition) is 4. The van der Waals surface area contributed by atoms with Gasteiger partial charge in [-0.25, -0.2) is 12.7 Å². The number of nitrogens with zero attached hydrogens (tertiary/aromatic N) is 2. The van der Waals surface area contributed by atoms with Crippen LogP contribution in [0.4, 0.5) is 0 Å². The highest BCUT2D eigenvalue weighted by Crippen LogP contribution is 2.47. The highest BCUT2D eigenvalue weighted by Gasteiger charge is 2.36. The third kappa shape index (κ3) is 4.20. The lowest BCUT2D eigenvalue weighted by Crippen LogP contribution is -2.47. The van der Waals surface area contributed by atoms with Gasteiger partial charge in [-0.2, -0.15) is 0 Å². The Morgan fingerprint density at radius 2 is 2.00 bits per heavy atom. The third-order valence-electron chi connectivity index (χ3n) is 5.61. The summed E-state index contributed by atoms with van der Waals surface area (Å²) in [6, 6.07) is 3.87. The number of hydrogen-bond donors (Lipinski definition) is 0. The van der Waals surface area contributed by atoms with E-state index in [1.54, 1.807) is 31.0 Å². The molecule has 1 aromatic rings. The van der Waals surface area contributed by atoms with Gasteiger partial charge < -0.3 is 9.32 Å². The summed E-state index contributed by atoms with van der Waals surface area (Å²) in [5.41, 5.74) is 0. The summed E-state index contributed by atoms with van der Waals surface area (Å²) in [5.74, 6) is 2.98. The average Bonchev–Trinajstić information content (AvgIpc) is 3.19. The van der Waals surface area contributed by atoms with Crippen molar-refractivity contribution in [3.63, 3.8) is 0 Å². The number of amides is 1. The van der Waals surface area contributed by atoms with Crippen molar-refractivity contribution in [1.29, 1.82) is 0 Å². The van der Waals surface area contributed by atoms with Crippen LogP contribution < -0.4 is 0 Å². The van der Waals surface area contributed by atoms with Gasteiger partial charge in [-0.3, -0.25) is 4.79 Å². The Hall–Kier alpha value is -1.60. The Morgan fingerprint density at radius 3 is 2.58 bits per heavy atom. The Balaban J connectivity index is 1.51. The predicted molar refractivity (Wildman–Crippen MR) is 101 cm³/mol. The first-order valence-electron chi connectivity index (χ1n) is 9.34. The Kier molecular flexibility index (Phi) is 5.58. The molecule has 3 rings (SSSR count). The first-order valence-corrected chi connectivity index (χ1v) is 10.9. The van der Waals surface area contributed by atoms with Crippen LogP contribution in [0.5, 0.6) is 0 Å². The SMILES string of the molecule is CCS(=O)(=O)N(C)C1CCN(C(=O)C=Cc2ccc(C3CC3C)o2)CC1. The van der Waals surface area contributed by atoms with Crippen molar-refractivity contribution in [3.8, 4) is 0 Å². The summed E-state index contributed by atoms with van der Waals surface area (Å²) in [4.78, 5) is 14.1. The van der Waals surface area contributed by atoms with Crippen molar-refractivity contribution >= 4 is 22.0 Å². The fourth-order valence-corrected chi connectivity index (χ4v) is 4.59. The summed E-state index contributed by atoms with van der Waals surface area (Å²) in [6.07, 6.45) is 5.77. The number of carbonyl (C=O) groups excluding carboxylic acids is 1. The van der Waals surface area contributed by atoms with Crippen LogP contribution in [0.3, 0.4) is 0 Å². The van der Waals surface area contributed by atoms with Crippen LogP contribution in [0.25, 0.3) is 6.08 Å². The number of furan rings is 1.